The van der Waals surface area contributed by atoms with Gasteiger partial charge in [-0.05, 0) is 44.9 Å². The molecule has 184 valence electrons. The third kappa shape index (κ3) is 4.12. The molecule has 7 nitrogen and oxygen atoms in total. The zero-order valence-electron chi connectivity index (χ0n) is 17.5. The van der Waals surface area contributed by atoms with E-state index in [-0.39, 0.29) is 36.9 Å². The second-order valence-corrected chi connectivity index (χ2v) is 9.75. The molecule has 5 fully saturated rings. The molecule has 0 aromatic carbocycles. The number of alkyl halides is 6. The van der Waals surface area contributed by atoms with Crippen molar-refractivity contribution in [3.63, 3.8) is 0 Å². The molecule has 0 saturated heterocycles. The molecule has 2 bridgehead atoms. The number of hydrogen-bond donors (Lipinski definition) is 1. The Bertz CT molecular complexity index is 915. The van der Waals surface area contributed by atoms with Crippen LogP contribution in [-0.2, 0) is 30.1 Å². The average Bonchev–Trinajstić information content (AvgIpc) is 3.03. The summed E-state index contributed by atoms with van der Waals surface area (Å²) in [6, 6.07) is 0. The van der Waals surface area contributed by atoms with Crippen molar-refractivity contribution in [1.82, 2.24) is 14.9 Å². The molecule has 1 aromatic rings. The predicted octanol–water partition coefficient (Wildman–Crippen LogP) is 3.98. The average molecular weight is 483 g/mol. The van der Waals surface area contributed by atoms with Gasteiger partial charge in [0.1, 0.15) is 12.2 Å². The van der Waals surface area contributed by atoms with Crippen LogP contribution in [-0.4, -0.2) is 46.1 Å². The van der Waals surface area contributed by atoms with Crippen LogP contribution >= 0.6 is 0 Å². The Morgan fingerprint density at radius 2 is 1.61 bits per heavy atom. The summed E-state index contributed by atoms with van der Waals surface area (Å²) in [4.78, 5) is 16.4. The van der Waals surface area contributed by atoms with Gasteiger partial charge < -0.3 is 14.6 Å². The molecule has 1 N–H and O–H groups in total. The zero-order chi connectivity index (χ0) is 23.8. The highest BCUT2D eigenvalue weighted by Crippen LogP contribution is 2.65. The fourth-order valence-corrected chi connectivity index (χ4v) is 5.57. The lowest BCUT2D eigenvalue weighted by Gasteiger charge is -2.70. The van der Waals surface area contributed by atoms with E-state index in [1.54, 1.807) is 10.8 Å². The SMILES string of the molecule is O=C(COC1(OC(F)(F)F)CCC1)NC12CC(n3cnc(C4(OC(F)(F)F)CCC4)c3)(C1)C2. The molecular weight excluding hydrogens is 460 g/mol. The second-order valence-electron chi connectivity index (χ2n) is 9.75. The Labute approximate surface area is 184 Å². The fourth-order valence-electron chi connectivity index (χ4n) is 5.57. The molecule has 0 radical (unpaired) electrons. The normalized spacial score (nSPS) is 31.6. The van der Waals surface area contributed by atoms with Gasteiger partial charge >= 0.3 is 12.7 Å². The standard InChI is InChI=1S/C20H23F6N3O4/c21-19(22,23)32-17(3-1-4-17)13-7-29(12-27-13)16-9-15(10-16,11-16)28-14(30)8-31-18(5-2-6-18)33-20(24,25)26/h7,12H,1-6,8-11H2,(H,28,30). The second kappa shape index (κ2) is 7.08. The van der Waals surface area contributed by atoms with Gasteiger partial charge in [0, 0.05) is 24.6 Å². The molecule has 6 rings (SSSR count). The number of nitrogens with one attached hydrogen (secondary N) is 1. The van der Waals surface area contributed by atoms with Crippen molar-refractivity contribution in [2.75, 3.05) is 6.61 Å². The summed E-state index contributed by atoms with van der Waals surface area (Å²) >= 11 is 0. The van der Waals surface area contributed by atoms with Crippen molar-refractivity contribution in [2.24, 2.45) is 0 Å². The Morgan fingerprint density at radius 1 is 1.00 bits per heavy atom. The molecule has 5 aliphatic carbocycles. The van der Waals surface area contributed by atoms with Gasteiger partial charge in [-0.2, -0.15) is 0 Å². The molecule has 0 unspecified atom stereocenters. The minimum Gasteiger partial charge on any atom is -0.348 e. The summed E-state index contributed by atoms with van der Waals surface area (Å²) in [6.45, 7) is -0.544. The van der Waals surface area contributed by atoms with E-state index in [1.165, 1.54) is 6.33 Å². The van der Waals surface area contributed by atoms with Crippen LogP contribution in [0.5, 0.6) is 0 Å². The maximum atomic E-state index is 12.8. The lowest BCUT2D eigenvalue weighted by atomic mass is 9.44. The van der Waals surface area contributed by atoms with Crippen LogP contribution in [0.15, 0.2) is 12.5 Å². The number of carbonyl (C=O) groups is 1. The lowest BCUT2D eigenvalue weighted by Crippen LogP contribution is -2.78. The van der Waals surface area contributed by atoms with Crippen LogP contribution in [0.2, 0.25) is 0 Å². The third-order valence-corrected chi connectivity index (χ3v) is 7.36. The Balaban J connectivity index is 1.14. The van der Waals surface area contributed by atoms with Crippen molar-refractivity contribution in [3.8, 4) is 0 Å². The largest absolute Gasteiger partial charge is 0.524 e. The number of nitrogens with zero attached hydrogens (tertiary/aromatic N) is 2. The molecule has 0 spiro atoms. The quantitative estimate of drug-likeness (QED) is 0.447. The molecule has 0 aliphatic heterocycles. The summed E-state index contributed by atoms with van der Waals surface area (Å²) in [5.74, 6) is -2.32. The Hall–Kier alpha value is -1.86. The summed E-state index contributed by atoms with van der Waals surface area (Å²) in [6.07, 6.45) is -3.07. The Kier molecular flexibility index (Phi) is 4.91. The molecule has 0 atom stereocenters. The summed E-state index contributed by atoms with van der Waals surface area (Å²) in [5, 5.41) is 2.82. The van der Waals surface area contributed by atoms with Crippen molar-refractivity contribution < 1.29 is 45.3 Å². The van der Waals surface area contributed by atoms with E-state index < -0.39 is 42.2 Å². The summed E-state index contributed by atoms with van der Waals surface area (Å²) in [5.41, 5.74) is -2.01. The number of amides is 1. The molecule has 13 heteroatoms. The number of aromatic nitrogens is 2. The highest BCUT2D eigenvalue weighted by atomic mass is 19.4. The minimum absolute atomic E-state index is 0.0660. The van der Waals surface area contributed by atoms with Crippen molar-refractivity contribution in [3.05, 3.63) is 18.2 Å². The molecular formula is C20H23F6N3O4. The minimum atomic E-state index is -4.84. The van der Waals surface area contributed by atoms with Gasteiger partial charge in [-0.25, -0.2) is 4.98 Å². The van der Waals surface area contributed by atoms with Crippen molar-refractivity contribution in [1.29, 1.82) is 0 Å². The first-order chi connectivity index (χ1) is 15.3. The molecule has 1 aromatic heterocycles. The number of ether oxygens (including phenoxy) is 3. The first-order valence-corrected chi connectivity index (χ1v) is 10.8. The first kappa shape index (κ1) is 22.9. The van der Waals surface area contributed by atoms with Crippen LogP contribution in [0.4, 0.5) is 26.3 Å². The highest BCUT2D eigenvalue weighted by Gasteiger charge is 2.70. The summed E-state index contributed by atoms with van der Waals surface area (Å²) in [7, 11) is 0. The fraction of sp³-hybridized carbons (Fsp3) is 0.800. The molecule has 5 aliphatic rings. The maximum absolute atomic E-state index is 12.8. The van der Waals surface area contributed by atoms with E-state index in [2.05, 4.69) is 19.8 Å². The Morgan fingerprint density at radius 3 is 2.09 bits per heavy atom. The van der Waals surface area contributed by atoms with E-state index in [1.807, 2.05) is 0 Å². The van der Waals surface area contributed by atoms with Gasteiger partial charge in [0.2, 0.25) is 5.91 Å². The highest BCUT2D eigenvalue weighted by molar-refractivity contribution is 5.79. The number of carbonyl (C=O) groups excluding carboxylic acids is 1. The number of imidazole rings is 1. The first-order valence-electron chi connectivity index (χ1n) is 10.8. The number of rotatable bonds is 8. The molecule has 33 heavy (non-hydrogen) atoms. The smallest absolute Gasteiger partial charge is 0.348 e. The number of halogens is 6. The van der Waals surface area contributed by atoms with Gasteiger partial charge in [-0.3, -0.25) is 14.3 Å². The summed E-state index contributed by atoms with van der Waals surface area (Å²) < 4.78 is 91.5. The predicted molar refractivity (Wildman–Crippen MR) is 97.3 cm³/mol. The van der Waals surface area contributed by atoms with Gasteiger partial charge in [0.25, 0.3) is 0 Å². The molecule has 5 saturated carbocycles. The van der Waals surface area contributed by atoms with Crippen LogP contribution in [0, 0.1) is 0 Å². The van der Waals surface area contributed by atoms with Crippen LogP contribution in [0.25, 0.3) is 0 Å². The van der Waals surface area contributed by atoms with Crippen LogP contribution < -0.4 is 5.32 Å². The maximum Gasteiger partial charge on any atom is 0.524 e. The lowest BCUT2D eigenvalue weighted by molar-refractivity contribution is -0.432. The molecule has 1 heterocycles. The topological polar surface area (TPSA) is 74.6 Å². The van der Waals surface area contributed by atoms with Crippen molar-refractivity contribution in [2.45, 2.75) is 93.0 Å². The van der Waals surface area contributed by atoms with E-state index in [4.69, 9.17) is 4.74 Å². The van der Waals surface area contributed by atoms with Gasteiger partial charge in [0.15, 0.2) is 5.79 Å². The zero-order valence-corrected chi connectivity index (χ0v) is 17.5. The van der Waals surface area contributed by atoms with E-state index in [0.717, 1.165) is 0 Å². The number of hydrogen-bond acceptors (Lipinski definition) is 5. The third-order valence-electron chi connectivity index (χ3n) is 7.36. The van der Waals surface area contributed by atoms with E-state index >= 15 is 0 Å². The van der Waals surface area contributed by atoms with Crippen molar-refractivity contribution >= 4 is 5.91 Å². The van der Waals surface area contributed by atoms with Gasteiger partial charge in [-0.15, -0.1) is 26.3 Å². The monoisotopic (exact) mass is 483 g/mol. The van der Waals surface area contributed by atoms with Gasteiger partial charge in [-0.1, -0.05) is 0 Å². The van der Waals surface area contributed by atoms with Crippen LogP contribution in [0.1, 0.15) is 63.5 Å². The van der Waals surface area contributed by atoms with E-state index in [9.17, 15) is 31.1 Å². The van der Waals surface area contributed by atoms with E-state index in [0.29, 0.717) is 32.1 Å². The van der Waals surface area contributed by atoms with Crippen LogP contribution in [0.3, 0.4) is 0 Å². The van der Waals surface area contributed by atoms with Gasteiger partial charge in [0.05, 0.1) is 17.6 Å². The molecule has 1 amide bonds.